The smallest absolute Gasteiger partial charge is 0.293 e. The molecule has 15 heteroatoms. The Labute approximate surface area is 246 Å². The summed E-state index contributed by atoms with van der Waals surface area (Å²) in [6.07, 6.45) is 1.42. The number of nitrogens with one attached hydrogen (secondary N) is 1. The number of methoxy groups -OCH3 is 1. The zero-order valence-corrected chi connectivity index (χ0v) is 23.5. The molecule has 2 aromatic heterocycles. The SMILES string of the molecule is COc1cc(/C=N/NC(=O)c2nnn(-c3nonc3N)c2COc2ccccc2)cc(Br)c1OCc1ccc(F)cc1. The predicted molar refractivity (Wildman–Crippen MR) is 151 cm³/mol. The van der Waals surface area contributed by atoms with E-state index in [4.69, 9.17) is 19.9 Å². The molecule has 1 amide bonds. The number of rotatable bonds is 11. The summed E-state index contributed by atoms with van der Waals surface area (Å²) in [5.74, 6) is 0.443. The zero-order valence-electron chi connectivity index (χ0n) is 21.9. The summed E-state index contributed by atoms with van der Waals surface area (Å²) in [6, 6.07) is 18.4. The van der Waals surface area contributed by atoms with E-state index in [-0.39, 0.29) is 42.1 Å². The van der Waals surface area contributed by atoms with Crippen LogP contribution in [0.2, 0.25) is 0 Å². The van der Waals surface area contributed by atoms with Crippen molar-refractivity contribution in [2.45, 2.75) is 13.2 Å². The highest BCUT2D eigenvalue weighted by molar-refractivity contribution is 9.10. The Morgan fingerprint density at radius 3 is 2.62 bits per heavy atom. The van der Waals surface area contributed by atoms with Gasteiger partial charge in [0.2, 0.25) is 11.6 Å². The third-order valence-electron chi connectivity index (χ3n) is 5.72. The van der Waals surface area contributed by atoms with Gasteiger partial charge in [0.15, 0.2) is 17.2 Å². The van der Waals surface area contributed by atoms with E-state index in [1.54, 1.807) is 36.4 Å². The maximum absolute atomic E-state index is 13.2. The van der Waals surface area contributed by atoms with Crippen LogP contribution < -0.4 is 25.4 Å². The molecular weight excluding hydrogens is 615 g/mol. The van der Waals surface area contributed by atoms with Gasteiger partial charge in [-0.1, -0.05) is 35.5 Å². The van der Waals surface area contributed by atoms with E-state index in [0.717, 1.165) is 5.56 Å². The van der Waals surface area contributed by atoms with Crippen LogP contribution in [0.4, 0.5) is 10.2 Å². The summed E-state index contributed by atoms with van der Waals surface area (Å²) in [5, 5.41) is 19.3. The van der Waals surface area contributed by atoms with E-state index in [2.05, 4.69) is 51.7 Å². The van der Waals surface area contributed by atoms with Gasteiger partial charge in [0.1, 0.15) is 30.5 Å². The highest BCUT2D eigenvalue weighted by Crippen LogP contribution is 2.37. The van der Waals surface area contributed by atoms with E-state index in [1.807, 2.05) is 18.2 Å². The Balaban J connectivity index is 1.31. The lowest BCUT2D eigenvalue weighted by molar-refractivity contribution is 0.0947. The average molecular weight is 637 g/mol. The molecule has 0 spiro atoms. The first-order valence-corrected chi connectivity index (χ1v) is 13.0. The van der Waals surface area contributed by atoms with Crippen LogP contribution >= 0.6 is 15.9 Å². The molecule has 0 fully saturated rings. The molecule has 0 bridgehead atoms. The van der Waals surface area contributed by atoms with E-state index in [0.29, 0.717) is 27.3 Å². The van der Waals surface area contributed by atoms with Gasteiger partial charge in [0.25, 0.3) is 5.91 Å². The number of aromatic nitrogens is 5. The summed E-state index contributed by atoms with van der Waals surface area (Å²) >= 11 is 3.48. The summed E-state index contributed by atoms with van der Waals surface area (Å²) in [7, 11) is 1.49. The Morgan fingerprint density at radius 2 is 1.90 bits per heavy atom. The summed E-state index contributed by atoms with van der Waals surface area (Å²) in [6.45, 7) is 0.102. The number of ether oxygens (including phenoxy) is 3. The summed E-state index contributed by atoms with van der Waals surface area (Å²) in [5.41, 5.74) is 9.79. The number of amides is 1. The Morgan fingerprint density at radius 1 is 1.12 bits per heavy atom. The normalized spacial score (nSPS) is 11.0. The first-order chi connectivity index (χ1) is 20.4. The number of halogens is 2. The van der Waals surface area contributed by atoms with Crippen LogP contribution in [0.3, 0.4) is 0 Å². The maximum atomic E-state index is 13.2. The molecule has 13 nitrogen and oxygen atoms in total. The number of carbonyl (C=O) groups is 1. The summed E-state index contributed by atoms with van der Waals surface area (Å²) in [4.78, 5) is 13.1. The molecule has 2 heterocycles. The van der Waals surface area contributed by atoms with Gasteiger partial charge in [0, 0.05) is 0 Å². The Bertz CT molecular complexity index is 1710. The van der Waals surface area contributed by atoms with Gasteiger partial charge >= 0.3 is 0 Å². The second-order valence-electron chi connectivity index (χ2n) is 8.52. The van der Waals surface area contributed by atoms with Crippen molar-refractivity contribution in [3.05, 3.63) is 99.5 Å². The van der Waals surface area contributed by atoms with Gasteiger partial charge in [-0.15, -0.1) is 5.10 Å². The van der Waals surface area contributed by atoms with Crippen molar-refractivity contribution < 1.29 is 28.0 Å². The molecule has 0 saturated carbocycles. The van der Waals surface area contributed by atoms with E-state index in [9.17, 15) is 9.18 Å². The van der Waals surface area contributed by atoms with Crippen molar-refractivity contribution in [2.24, 2.45) is 5.10 Å². The van der Waals surface area contributed by atoms with Crippen LogP contribution in [0.25, 0.3) is 5.82 Å². The van der Waals surface area contributed by atoms with Crippen LogP contribution in [0.5, 0.6) is 17.2 Å². The fourth-order valence-corrected chi connectivity index (χ4v) is 4.27. The number of hydrazone groups is 1. The number of nitrogen functional groups attached to an aromatic ring is 1. The fourth-order valence-electron chi connectivity index (χ4n) is 3.69. The lowest BCUT2D eigenvalue weighted by atomic mass is 10.2. The highest BCUT2D eigenvalue weighted by atomic mass is 79.9. The van der Waals surface area contributed by atoms with Gasteiger partial charge < -0.3 is 19.9 Å². The van der Waals surface area contributed by atoms with Crippen LogP contribution in [-0.4, -0.2) is 44.5 Å². The van der Waals surface area contributed by atoms with Crippen molar-refractivity contribution >= 4 is 33.9 Å². The second kappa shape index (κ2) is 12.9. The van der Waals surface area contributed by atoms with Crippen LogP contribution in [0.1, 0.15) is 27.3 Å². The van der Waals surface area contributed by atoms with Gasteiger partial charge in [-0.3, -0.25) is 4.79 Å². The largest absolute Gasteiger partial charge is 0.493 e. The molecule has 3 aromatic carbocycles. The predicted octanol–water partition coefficient (Wildman–Crippen LogP) is 4.06. The molecule has 0 unspecified atom stereocenters. The van der Waals surface area contributed by atoms with Crippen molar-refractivity contribution in [3.8, 4) is 23.1 Å². The minimum Gasteiger partial charge on any atom is -0.493 e. The number of nitrogens with zero attached hydrogens (tertiary/aromatic N) is 6. The van der Waals surface area contributed by atoms with Crippen LogP contribution in [0, 0.1) is 5.82 Å². The second-order valence-corrected chi connectivity index (χ2v) is 9.37. The number of nitrogens with two attached hydrogens (primary N) is 1. The van der Waals surface area contributed by atoms with E-state index >= 15 is 0 Å². The van der Waals surface area contributed by atoms with Crippen LogP contribution in [0.15, 0.2) is 80.9 Å². The number of benzene rings is 3. The highest BCUT2D eigenvalue weighted by Gasteiger charge is 2.24. The van der Waals surface area contributed by atoms with Gasteiger partial charge in [0.05, 0.1) is 17.8 Å². The monoisotopic (exact) mass is 636 g/mol. The number of para-hydroxylation sites is 1. The van der Waals surface area contributed by atoms with Gasteiger partial charge in [-0.25, -0.2) is 14.4 Å². The van der Waals surface area contributed by atoms with Crippen LogP contribution in [-0.2, 0) is 13.2 Å². The first kappa shape index (κ1) is 28.2. The first-order valence-electron chi connectivity index (χ1n) is 12.2. The molecule has 0 radical (unpaired) electrons. The molecule has 0 saturated heterocycles. The molecule has 42 heavy (non-hydrogen) atoms. The zero-order chi connectivity index (χ0) is 29.5. The minimum atomic E-state index is -0.663. The molecule has 0 aliphatic rings. The van der Waals surface area contributed by atoms with Crippen molar-refractivity contribution in [3.63, 3.8) is 0 Å². The average Bonchev–Trinajstić information content (AvgIpc) is 3.62. The van der Waals surface area contributed by atoms with E-state index in [1.165, 1.54) is 30.1 Å². The quantitative estimate of drug-likeness (QED) is 0.159. The molecule has 3 N–H and O–H groups in total. The Hall–Kier alpha value is -5.31. The fraction of sp³-hybridized carbons (Fsp3) is 0.111. The maximum Gasteiger partial charge on any atom is 0.293 e. The number of carbonyl (C=O) groups excluding carboxylic acids is 1. The van der Waals surface area contributed by atoms with Crippen molar-refractivity contribution in [2.75, 3.05) is 12.8 Å². The number of hydrogen-bond donors (Lipinski definition) is 2. The topological polar surface area (TPSA) is 165 Å². The number of hydrogen-bond acceptors (Lipinski definition) is 11. The standard InChI is InChI=1S/C27H22BrFN8O5/c1-39-22-12-17(11-20(28)24(22)41-14-16-7-9-18(29)10-8-16)13-31-33-27(38)23-21(15-40-19-5-3-2-4-6-19)37(36-32-23)26-25(30)34-42-35-26/h2-13H,14-15H2,1H3,(H2,30,34)(H,33,38)/b31-13+. The third kappa shape index (κ3) is 6.52. The third-order valence-corrected chi connectivity index (χ3v) is 6.31. The molecule has 5 aromatic rings. The Kier molecular flexibility index (Phi) is 8.67. The minimum absolute atomic E-state index is 0.0459. The van der Waals surface area contributed by atoms with E-state index < -0.39 is 5.91 Å². The molecule has 0 aliphatic carbocycles. The lowest BCUT2D eigenvalue weighted by Gasteiger charge is -2.13. The van der Waals surface area contributed by atoms with Crippen molar-refractivity contribution in [1.29, 1.82) is 0 Å². The molecule has 0 atom stereocenters. The van der Waals surface area contributed by atoms with Gasteiger partial charge in [-0.2, -0.15) is 9.78 Å². The summed E-state index contributed by atoms with van der Waals surface area (Å²) < 4.78 is 36.8. The molecular formula is C27H22BrFN8O5. The molecule has 0 aliphatic heterocycles. The van der Waals surface area contributed by atoms with Crippen molar-refractivity contribution in [1.82, 2.24) is 30.7 Å². The molecule has 214 valence electrons. The number of anilines is 1. The lowest BCUT2D eigenvalue weighted by Crippen LogP contribution is -2.21. The van der Waals surface area contributed by atoms with Gasteiger partial charge in [-0.05, 0) is 73.8 Å². The molecule has 5 rings (SSSR count).